The fraction of sp³-hybridized carbons (Fsp3) is 0.462. The molecule has 0 spiro atoms. The van der Waals surface area contributed by atoms with E-state index in [0.29, 0.717) is 88.4 Å². The number of carboxylic acid groups (broad SMARTS) is 3. The number of nitrogens with zero attached hydrogens (tertiary/aromatic N) is 7. The number of guanidine groups is 3. The van der Waals surface area contributed by atoms with Gasteiger partial charge in [0, 0.05) is 168 Å². The van der Waals surface area contributed by atoms with E-state index in [9.17, 15) is 54.0 Å². The highest BCUT2D eigenvalue weighted by molar-refractivity contribution is 6.09. The number of rotatable bonds is 47. The van der Waals surface area contributed by atoms with E-state index in [1.807, 2.05) is 5.43 Å². The number of urea groups is 1. The van der Waals surface area contributed by atoms with Crippen molar-refractivity contribution in [3.63, 3.8) is 0 Å². The molecule has 0 aliphatic carbocycles. The van der Waals surface area contributed by atoms with Gasteiger partial charge in [-0.2, -0.15) is 0 Å². The summed E-state index contributed by atoms with van der Waals surface area (Å²) in [6.07, 6.45) is 6.04. The third kappa shape index (κ3) is 33.4. The minimum atomic E-state index is -1.95. The number of para-hydroxylation sites is 2. The van der Waals surface area contributed by atoms with Gasteiger partial charge in [-0.15, -0.1) is 0 Å². The molecule has 3 aliphatic heterocycles. The fourth-order valence-electron chi connectivity index (χ4n) is 17.0. The summed E-state index contributed by atoms with van der Waals surface area (Å²) in [7, 11) is 0. The van der Waals surface area contributed by atoms with Crippen LogP contribution >= 0.6 is 0 Å². The molecule has 3 saturated heterocycles. The lowest BCUT2D eigenvalue weighted by molar-refractivity contribution is -0.142. The van der Waals surface area contributed by atoms with Crippen LogP contribution in [0.25, 0.3) is 21.8 Å². The van der Waals surface area contributed by atoms with Crippen molar-refractivity contribution in [3.05, 3.63) is 162 Å². The highest BCUT2D eigenvalue weighted by atomic mass is 16.4. The number of aliphatic hydroxyl groups is 1. The normalized spacial score (nSPS) is 16.5. The molecular formula is C91H125N29O19. The second-order valence-electron chi connectivity index (χ2n) is 34.5. The summed E-state index contributed by atoms with van der Waals surface area (Å²) >= 11 is 0. The number of carbonyl (C=O) groups excluding carboxylic acids is 12. The predicted molar refractivity (Wildman–Crippen MR) is 507 cm³/mol. The SMILES string of the molecule is N=C(N)NCCC[C@H](NC(=O)[C@H](CCC1CCN(C(=N)N)CC1)NC(=O)CN1CCN(CC(=O)O)CCN(CC(=O)O)CCN(CC(=O)O)CC1)C(=O)N[C@@H](Cc1c[nH]c2ccccc12)C(=O)N[C@@H](CO)C(=O)N[C@@H](Cc1cnc[nH]1)C(=O)N[C@H](CCCNC(=N)N)C(=O)N[C@@H](Cc1c[nH]c2ccccc12)C(=O)N[C@H](Cc1ccc(C(=O)c2ccccc2)cc1)C(=O)N1CCC[C@H]1C(=O)NNC(N)=O. The molecule has 748 valence electrons. The number of likely N-dealkylation sites (tertiary alicyclic amines) is 2. The average molecular weight is 1930 g/mol. The number of primary amides is 1. The number of nitrogens with one attached hydrogen (secondary N) is 18. The quantitative estimate of drug-likeness (QED) is 0.00566. The maximum absolute atomic E-state index is 15.5. The molecule has 3 fully saturated rings. The highest BCUT2D eigenvalue weighted by Gasteiger charge is 2.42. The maximum atomic E-state index is 15.5. The van der Waals surface area contributed by atoms with E-state index in [1.165, 1.54) is 17.4 Å². The number of piperidine rings is 1. The summed E-state index contributed by atoms with van der Waals surface area (Å²) in [5, 5.41) is 93.1. The van der Waals surface area contributed by atoms with E-state index in [2.05, 4.69) is 78.5 Å². The van der Waals surface area contributed by atoms with Gasteiger partial charge in [0.15, 0.2) is 23.7 Å². The Balaban J connectivity index is 0.910. The number of hydrogen-bond acceptors (Lipinski definition) is 24. The Kier molecular flexibility index (Phi) is 40.2. The Morgan fingerprint density at radius 3 is 1.32 bits per heavy atom. The van der Waals surface area contributed by atoms with Crippen LogP contribution in [-0.4, -0.2) is 349 Å². The van der Waals surface area contributed by atoms with Crippen LogP contribution in [0.2, 0.25) is 0 Å². The van der Waals surface area contributed by atoms with Gasteiger partial charge < -0.3 is 121 Å². The van der Waals surface area contributed by atoms with Crippen molar-refractivity contribution in [1.82, 2.24) is 113 Å². The van der Waals surface area contributed by atoms with Crippen LogP contribution in [-0.2, 0) is 88.0 Å². The number of benzene rings is 4. The van der Waals surface area contributed by atoms with Crippen molar-refractivity contribution < 1.29 is 92.3 Å². The molecule has 30 N–H and O–H groups in total. The number of aromatic nitrogens is 4. The smallest absolute Gasteiger partial charge is 0.330 e. The Bertz CT molecular complexity index is 5410. The Morgan fingerprint density at radius 1 is 0.439 bits per heavy atom. The van der Waals surface area contributed by atoms with E-state index in [4.69, 9.17) is 39.2 Å². The zero-order valence-electron chi connectivity index (χ0n) is 76.9. The van der Waals surface area contributed by atoms with E-state index < -0.39 is 189 Å². The van der Waals surface area contributed by atoms with Gasteiger partial charge in [-0.1, -0.05) is 91.0 Å². The summed E-state index contributed by atoms with van der Waals surface area (Å²) in [6.45, 7) is -1.39. The first-order valence-electron chi connectivity index (χ1n) is 45.9. The van der Waals surface area contributed by atoms with Crippen LogP contribution in [0.4, 0.5) is 4.79 Å². The Hall–Kier alpha value is -15.2. The molecule has 12 amide bonds. The number of nitrogens with two attached hydrogens (primary N) is 4. The number of aliphatic carboxylic acids is 3. The Labute approximate surface area is 799 Å². The lowest BCUT2D eigenvalue weighted by atomic mass is 9.90. The van der Waals surface area contributed by atoms with Gasteiger partial charge in [-0.05, 0) is 98.9 Å². The summed E-state index contributed by atoms with van der Waals surface area (Å²) in [5.74, 6) is -14.1. The van der Waals surface area contributed by atoms with E-state index in [0.717, 1.165) is 0 Å². The molecule has 139 heavy (non-hydrogen) atoms. The molecule has 7 aromatic rings. The number of hydrazine groups is 1. The van der Waals surface area contributed by atoms with Crippen molar-refractivity contribution in [1.29, 1.82) is 16.2 Å². The number of carbonyl (C=O) groups is 15. The number of amides is 12. The van der Waals surface area contributed by atoms with Crippen LogP contribution in [0, 0.1) is 22.1 Å². The molecule has 0 radical (unpaired) electrons. The predicted octanol–water partition coefficient (Wildman–Crippen LogP) is -4.18. The number of fused-ring (bicyclic) bond motifs is 2. The zero-order chi connectivity index (χ0) is 100. The summed E-state index contributed by atoms with van der Waals surface area (Å²) in [6, 6.07) is 13.6. The number of carboxylic acids is 3. The van der Waals surface area contributed by atoms with E-state index in [1.54, 1.807) is 140 Å². The van der Waals surface area contributed by atoms with Gasteiger partial charge in [0.1, 0.15) is 54.4 Å². The minimum Gasteiger partial charge on any atom is -0.480 e. The molecule has 9 atom stereocenters. The monoisotopic (exact) mass is 1930 g/mol. The van der Waals surface area contributed by atoms with Crippen LogP contribution in [0.3, 0.4) is 0 Å². The molecule has 10 rings (SSSR count). The zero-order valence-corrected chi connectivity index (χ0v) is 76.9. The van der Waals surface area contributed by atoms with E-state index in [-0.39, 0.29) is 153 Å². The molecule has 0 bridgehead atoms. The van der Waals surface area contributed by atoms with Gasteiger partial charge >= 0.3 is 23.9 Å². The first-order chi connectivity index (χ1) is 66.6. The molecular weight excluding hydrogens is 1800 g/mol. The second-order valence-corrected chi connectivity index (χ2v) is 34.5. The second kappa shape index (κ2) is 52.8. The number of aliphatic hydroxyl groups excluding tert-OH is 1. The van der Waals surface area contributed by atoms with Crippen LogP contribution < -0.4 is 87.0 Å². The van der Waals surface area contributed by atoms with Gasteiger partial charge in [0.2, 0.25) is 53.2 Å². The topological polar surface area (TPSA) is 737 Å². The molecule has 0 unspecified atom stereocenters. The van der Waals surface area contributed by atoms with Crippen LogP contribution in [0.1, 0.15) is 103 Å². The number of hydrogen-bond donors (Lipinski definition) is 26. The number of imidazole rings is 1. The molecule has 48 nitrogen and oxygen atoms in total. The van der Waals surface area contributed by atoms with E-state index >= 15 is 38.4 Å². The molecule has 3 aromatic heterocycles. The molecule has 3 aliphatic rings. The summed E-state index contributed by atoms with van der Waals surface area (Å²) < 4.78 is 0. The van der Waals surface area contributed by atoms with Crippen molar-refractivity contribution >= 4 is 128 Å². The highest BCUT2D eigenvalue weighted by Crippen LogP contribution is 2.27. The Morgan fingerprint density at radius 2 is 0.863 bits per heavy atom. The van der Waals surface area contributed by atoms with Crippen LogP contribution in [0.5, 0.6) is 0 Å². The molecule has 0 saturated carbocycles. The van der Waals surface area contributed by atoms with Crippen molar-refractivity contribution in [3.8, 4) is 0 Å². The summed E-state index contributed by atoms with van der Waals surface area (Å²) in [5.41, 5.74) is 30.3. The maximum Gasteiger partial charge on any atom is 0.330 e. The minimum absolute atomic E-state index is 0.00459. The van der Waals surface area contributed by atoms with Gasteiger partial charge in [0.05, 0.1) is 39.1 Å². The van der Waals surface area contributed by atoms with Crippen molar-refractivity contribution in [2.75, 3.05) is 118 Å². The number of ketones is 1. The van der Waals surface area contributed by atoms with Gasteiger partial charge in [0.25, 0.3) is 5.91 Å². The average Bonchev–Trinajstić information content (AvgIpc) is 1.64. The third-order valence-electron chi connectivity index (χ3n) is 24.4. The summed E-state index contributed by atoms with van der Waals surface area (Å²) in [4.78, 5) is 235. The lowest BCUT2D eigenvalue weighted by Gasteiger charge is -2.33. The fourth-order valence-corrected chi connectivity index (χ4v) is 17.0. The van der Waals surface area contributed by atoms with Gasteiger partial charge in [-0.3, -0.25) is 108 Å². The van der Waals surface area contributed by atoms with Gasteiger partial charge in [-0.25, -0.2) is 15.2 Å². The molecule has 48 heteroatoms. The third-order valence-corrected chi connectivity index (χ3v) is 24.4. The number of aromatic amines is 3. The standard InChI is InChI=1S/C91H125N29O19/c92-88(93)100-28-8-17-65(106-81(132)67(25-22-54-26-31-119(32-27-54)90(96)97)105-74(122)48-115-33-35-116(49-75(123)124)37-39-118(51-77(127)128)40-38-117(36-34-115)50-76(125)126)79(130)109-69(43-59-46-103-64-16-7-5-14-62(59)64)83(134)112-72(52-121)85(136)110-70(44-60-47-99-53-104-60)84(135)107-66(18-9-29-101-89(94)95)80(131)108-68(42-58-45-102-63-15-6-4-13-61(58)63)82(133)111-71(87(138)120-30-10-19-73(120)86(137)113-114-91(98)139)41-55-20-23-57(24-21-55)78(129)56-11-2-1-3-12-56/h1-7,11-16,20-21,23-24,45-47,53-54,65-73,102-103,121H,8-10,17-19,22,25-44,48-52H2,(H3,96,97)(H,99,104)(H,105,122)(H,106,132)(H,107,135)(H,108,131)(H,109,130)(H,110,136)(H,111,133)(H,112,134)(H,113,137)(H,123,124)(H,125,126)(H,127,128)(H4,92,93,100)(H4,94,95,101)(H3,98,114,139)/t65-,66+,67-,68-,69-,70-,71+,72-,73-/m0/s1. The van der Waals surface area contributed by atoms with Crippen molar-refractivity contribution in [2.45, 2.75) is 144 Å². The molecule has 4 aromatic carbocycles. The number of H-pyrrole nitrogens is 3. The molecule has 6 heterocycles. The van der Waals surface area contributed by atoms with Crippen LogP contribution in [0.15, 0.2) is 128 Å². The largest absolute Gasteiger partial charge is 0.480 e. The van der Waals surface area contributed by atoms with Crippen molar-refractivity contribution in [2.24, 2.45) is 28.9 Å². The lowest BCUT2D eigenvalue weighted by Crippen LogP contribution is -2.61. The first-order valence-corrected chi connectivity index (χ1v) is 45.9. The first kappa shape index (κ1) is 106.